The normalized spacial score (nSPS) is 19.9. The van der Waals surface area contributed by atoms with E-state index in [0.29, 0.717) is 40.9 Å². The molecule has 1 atom stereocenters. The molecule has 2 aromatic rings. The zero-order chi connectivity index (χ0) is 27.8. The Hall–Kier alpha value is -3.42. The number of hydrogen-bond donors (Lipinski definition) is 3. The number of hydrogen-bond acceptors (Lipinski definition) is 8. The van der Waals surface area contributed by atoms with Gasteiger partial charge in [0.2, 0.25) is 5.95 Å². The molecule has 1 fully saturated rings. The molecule has 1 saturated carbocycles. The van der Waals surface area contributed by atoms with Crippen molar-refractivity contribution in [3.05, 3.63) is 102 Å². The summed E-state index contributed by atoms with van der Waals surface area (Å²) >= 11 is 7.96. The average molecular weight is 580 g/mol. The average Bonchev–Trinajstić information content (AvgIpc) is 3.62. The van der Waals surface area contributed by atoms with Crippen LogP contribution in [-0.4, -0.2) is 31.5 Å². The largest absolute Gasteiger partial charge is 0.374 e. The number of nitrogens with one attached hydrogen (secondary N) is 2. The van der Waals surface area contributed by atoms with Crippen LogP contribution in [0.25, 0.3) is 0 Å². The van der Waals surface area contributed by atoms with Crippen LogP contribution in [0, 0.1) is 23.4 Å². The lowest BCUT2D eigenvalue weighted by Gasteiger charge is -2.20. The molecule has 4 N–H and O–H groups in total. The van der Waals surface area contributed by atoms with E-state index in [-0.39, 0.29) is 23.4 Å². The number of aromatic nitrogens is 3. The third-order valence-electron chi connectivity index (χ3n) is 6.35. The van der Waals surface area contributed by atoms with Crippen LogP contribution < -0.4 is 27.9 Å². The number of anilines is 1. The SMILES string of the molecule is CN(N)/C=C1/C=C(Nc2nc(=O)n(CC3=CSC(C4CC4)N3)c(=O)n2Cc2cc(F)c(F)cc2F)C(Cl)=CC1. The number of nitrogens with zero attached hydrogens (tertiary/aromatic N) is 4. The number of rotatable bonds is 8. The van der Waals surface area contributed by atoms with Gasteiger partial charge in [-0.15, -0.1) is 11.8 Å². The van der Waals surface area contributed by atoms with Gasteiger partial charge in [-0.25, -0.2) is 33.2 Å². The fourth-order valence-electron chi connectivity index (χ4n) is 4.24. The van der Waals surface area contributed by atoms with E-state index in [0.717, 1.165) is 27.5 Å². The van der Waals surface area contributed by atoms with Crippen LogP contribution in [0.5, 0.6) is 0 Å². The first-order valence-electron chi connectivity index (χ1n) is 12.1. The van der Waals surface area contributed by atoms with Crippen LogP contribution >= 0.6 is 23.4 Å². The molecule has 0 saturated heterocycles. The quantitative estimate of drug-likeness (QED) is 0.248. The number of allylic oxidation sites excluding steroid dienone is 5. The van der Waals surface area contributed by atoms with E-state index in [1.165, 1.54) is 5.01 Å². The number of halogens is 4. The summed E-state index contributed by atoms with van der Waals surface area (Å²) in [5, 5.41) is 9.89. The second-order valence-electron chi connectivity index (χ2n) is 9.52. The highest BCUT2D eigenvalue weighted by atomic mass is 35.5. The van der Waals surface area contributed by atoms with E-state index < -0.39 is 35.4 Å². The molecule has 5 rings (SSSR count). The maximum Gasteiger partial charge on any atom is 0.355 e. The second kappa shape index (κ2) is 11.0. The molecule has 14 heteroatoms. The predicted octanol–water partition coefficient (Wildman–Crippen LogP) is 3.30. The smallest absolute Gasteiger partial charge is 0.355 e. The molecule has 9 nitrogen and oxygen atoms in total. The summed E-state index contributed by atoms with van der Waals surface area (Å²) in [4.78, 5) is 30.7. The summed E-state index contributed by atoms with van der Waals surface area (Å²) < 4.78 is 44.0. The first-order valence-corrected chi connectivity index (χ1v) is 13.4. The van der Waals surface area contributed by atoms with E-state index in [1.54, 1.807) is 37.2 Å². The van der Waals surface area contributed by atoms with Crippen LogP contribution in [0.15, 0.2) is 67.5 Å². The second-order valence-corrected chi connectivity index (χ2v) is 10.9. The summed E-state index contributed by atoms with van der Waals surface area (Å²) in [5.41, 5.74) is -0.227. The van der Waals surface area contributed by atoms with Crippen LogP contribution in [-0.2, 0) is 13.1 Å². The van der Waals surface area contributed by atoms with Gasteiger partial charge in [0.05, 0.1) is 29.2 Å². The lowest BCUT2D eigenvalue weighted by molar-refractivity contribution is 0.481. The fraction of sp³-hybridized carbons (Fsp3) is 0.320. The molecule has 0 radical (unpaired) electrons. The van der Waals surface area contributed by atoms with E-state index in [4.69, 9.17) is 17.4 Å². The third-order valence-corrected chi connectivity index (χ3v) is 7.93. The van der Waals surface area contributed by atoms with Crippen molar-refractivity contribution in [2.75, 3.05) is 12.4 Å². The Balaban J connectivity index is 1.54. The fourth-order valence-corrected chi connectivity index (χ4v) is 5.59. The van der Waals surface area contributed by atoms with Crippen LogP contribution in [0.3, 0.4) is 0 Å². The minimum Gasteiger partial charge on any atom is -0.374 e. The van der Waals surface area contributed by atoms with Gasteiger partial charge in [0, 0.05) is 30.6 Å². The van der Waals surface area contributed by atoms with Gasteiger partial charge in [0.25, 0.3) is 0 Å². The van der Waals surface area contributed by atoms with Gasteiger partial charge in [0.15, 0.2) is 11.6 Å². The molecule has 1 aromatic heterocycles. The van der Waals surface area contributed by atoms with E-state index >= 15 is 0 Å². The molecular weight excluding hydrogens is 555 g/mol. The minimum atomic E-state index is -1.36. The van der Waals surface area contributed by atoms with E-state index in [9.17, 15) is 22.8 Å². The molecule has 2 heterocycles. The highest BCUT2D eigenvalue weighted by Gasteiger charge is 2.34. The van der Waals surface area contributed by atoms with Gasteiger partial charge in [0.1, 0.15) is 5.82 Å². The molecule has 206 valence electrons. The van der Waals surface area contributed by atoms with Crippen molar-refractivity contribution in [2.45, 2.75) is 37.7 Å². The maximum atomic E-state index is 14.6. The topological polar surface area (TPSA) is 110 Å². The Kier molecular flexibility index (Phi) is 7.65. The molecule has 1 aromatic carbocycles. The molecule has 1 unspecified atom stereocenters. The van der Waals surface area contributed by atoms with Gasteiger partial charge >= 0.3 is 11.4 Å². The van der Waals surface area contributed by atoms with E-state index in [1.807, 2.05) is 5.41 Å². The molecule has 39 heavy (non-hydrogen) atoms. The number of benzene rings is 1. The number of thioether (sulfide) groups is 1. The molecular formula is C25H25ClF3N7O2S. The molecule has 0 bridgehead atoms. The predicted molar refractivity (Wildman–Crippen MR) is 144 cm³/mol. The van der Waals surface area contributed by atoms with Crippen molar-refractivity contribution >= 4 is 29.3 Å². The van der Waals surface area contributed by atoms with Crippen molar-refractivity contribution in [3.8, 4) is 0 Å². The molecule has 0 amide bonds. The van der Waals surface area contributed by atoms with Gasteiger partial charge in [-0.3, -0.25) is 4.57 Å². The number of hydrazine groups is 1. The van der Waals surface area contributed by atoms with Crippen molar-refractivity contribution in [2.24, 2.45) is 11.8 Å². The molecule has 2 aliphatic carbocycles. The number of nitrogens with two attached hydrogens (primary N) is 1. The van der Waals surface area contributed by atoms with Gasteiger partial charge < -0.3 is 15.6 Å². The van der Waals surface area contributed by atoms with Crippen LogP contribution in [0.1, 0.15) is 24.8 Å². The maximum absolute atomic E-state index is 14.6. The van der Waals surface area contributed by atoms with E-state index in [2.05, 4.69) is 15.6 Å². The highest BCUT2D eigenvalue weighted by Crippen LogP contribution is 2.41. The summed E-state index contributed by atoms with van der Waals surface area (Å²) in [6.07, 6.45) is 7.73. The molecule has 0 spiro atoms. The van der Waals surface area contributed by atoms with Gasteiger partial charge in [-0.1, -0.05) is 17.7 Å². The highest BCUT2D eigenvalue weighted by molar-refractivity contribution is 8.03. The van der Waals surface area contributed by atoms with Crippen LogP contribution in [0.4, 0.5) is 19.1 Å². The summed E-state index contributed by atoms with van der Waals surface area (Å²) in [6.45, 7) is -0.618. The lowest BCUT2D eigenvalue weighted by atomic mass is 10.1. The Bertz CT molecular complexity index is 1560. The monoisotopic (exact) mass is 579 g/mol. The Labute approximate surface area is 230 Å². The lowest BCUT2D eigenvalue weighted by Crippen LogP contribution is -2.44. The van der Waals surface area contributed by atoms with Gasteiger partial charge in [-0.2, -0.15) is 4.98 Å². The standard InChI is InChI=1S/C25H25ClF3N7O2S/c1-34(30)9-13-2-5-17(26)21(6-13)32-23-33-24(37)36(11-16-12-39-22(31-16)14-3-4-14)25(38)35(23)10-15-7-19(28)20(29)8-18(15)27/h5-9,12,14,22,31H,2-4,10-11,30H2,1H3,(H,32,33,37)/b13-9+. The summed E-state index contributed by atoms with van der Waals surface area (Å²) in [5.74, 6) is 2.30. The van der Waals surface area contributed by atoms with Crippen molar-refractivity contribution in [1.82, 2.24) is 24.4 Å². The Morgan fingerprint density at radius 2 is 1.95 bits per heavy atom. The van der Waals surface area contributed by atoms with Crippen molar-refractivity contribution < 1.29 is 13.2 Å². The zero-order valence-electron chi connectivity index (χ0n) is 20.8. The zero-order valence-corrected chi connectivity index (χ0v) is 22.3. The molecule has 3 aliphatic rings. The summed E-state index contributed by atoms with van der Waals surface area (Å²) in [6, 6.07) is 1.07. The Morgan fingerprint density at radius 3 is 2.67 bits per heavy atom. The molecule has 1 aliphatic heterocycles. The van der Waals surface area contributed by atoms with Crippen molar-refractivity contribution in [3.63, 3.8) is 0 Å². The van der Waals surface area contributed by atoms with Gasteiger partial charge in [-0.05, 0) is 48.3 Å². The first-order chi connectivity index (χ1) is 18.6. The Morgan fingerprint density at radius 1 is 1.21 bits per heavy atom. The first kappa shape index (κ1) is 27.2. The summed E-state index contributed by atoms with van der Waals surface area (Å²) in [7, 11) is 1.64. The third kappa shape index (κ3) is 6.10. The van der Waals surface area contributed by atoms with Crippen LogP contribution in [0.2, 0.25) is 0 Å². The van der Waals surface area contributed by atoms with Crippen molar-refractivity contribution in [1.29, 1.82) is 0 Å². The minimum absolute atomic E-state index is 0.0828.